The standard InChI is InChI=1S/C6H16O3P.3C6H15O3P.Pt/c4*1-4-7-10(8-5-2)9-6-3;/h10H,4-6H2,1-3H3;3*4-6H2,1-3H3;/q+1;;;;-1. The second-order valence-corrected chi connectivity index (χ2v) is 15.8. The first-order valence-corrected chi connectivity index (χ1v) is 22.6. The van der Waals surface area contributed by atoms with Crippen molar-refractivity contribution in [2.24, 2.45) is 0 Å². The molecule has 0 aromatic carbocycles. The Morgan fingerprint density at radius 2 is 0.463 bits per heavy atom. The second-order valence-electron chi connectivity index (χ2n) is 6.17. The normalized spacial score (nSPS) is 11.5. The Morgan fingerprint density at radius 3 is 0.561 bits per heavy atom. The van der Waals surface area contributed by atoms with Crippen LogP contribution in [0.15, 0.2) is 0 Å². The van der Waals surface area contributed by atoms with Crippen molar-refractivity contribution >= 4 is 31.8 Å². The molecule has 0 fully saturated rings. The van der Waals surface area contributed by atoms with E-state index in [4.69, 9.17) is 54.3 Å². The van der Waals surface area contributed by atoms with Crippen LogP contribution >= 0.6 is 31.8 Å². The van der Waals surface area contributed by atoms with E-state index in [2.05, 4.69) is 19.3 Å². The molecule has 0 rings (SSSR count). The van der Waals surface area contributed by atoms with E-state index in [9.17, 15) is 0 Å². The van der Waals surface area contributed by atoms with Gasteiger partial charge in [-0.15, -0.1) is 0 Å². The third-order valence-electron chi connectivity index (χ3n) is 3.03. The van der Waals surface area contributed by atoms with Gasteiger partial charge in [0, 0.05) is 0 Å². The first-order chi connectivity index (χ1) is 19.7. The van der Waals surface area contributed by atoms with Gasteiger partial charge in [0.25, 0.3) is 0 Å². The van der Waals surface area contributed by atoms with E-state index >= 15 is 0 Å². The van der Waals surface area contributed by atoms with Crippen LogP contribution in [-0.4, -0.2) is 79.3 Å². The molecule has 17 heteroatoms. The van der Waals surface area contributed by atoms with Crippen LogP contribution in [0.4, 0.5) is 0 Å². The summed E-state index contributed by atoms with van der Waals surface area (Å²) in [6.07, 6.45) is 0. The van der Waals surface area contributed by atoms with Crippen LogP contribution in [0.5, 0.6) is 0 Å². The Bertz CT molecular complexity index is 366. The molecule has 12 nitrogen and oxygen atoms in total. The molecule has 0 amide bonds. The zero-order valence-corrected chi connectivity index (χ0v) is 33.5. The van der Waals surface area contributed by atoms with Gasteiger partial charge in [-0.25, -0.2) is 0 Å². The van der Waals surface area contributed by atoms with Gasteiger partial charge < -0.3 is 40.7 Å². The molecule has 0 bridgehead atoms. The fourth-order valence-electron chi connectivity index (χ4n) is 1.90. The van der Waals surface area contributed by atoms with Crippen molar-refractivity contribution in [3.63, 3.8) is 0 Å². The number of hydrogen-bond donors (Lipinski definition) is 0. The molecule has 0 aromatic rings. The van der Waals surface area contributed by atoms with Gasteiger partial charge in [-0.3, -0.25) is 0 Å². The van der Waals surface area contributed by atoms with Crippen LogP contribution in [0.3, 0.4) is 0 Å². The van der Waals surface area contributed by atoms with E-state index in [0.29, 0.717) is 79.3 Å². The zero-order valence-electron chi connectivity index (χ0n) is 27.5. The molecule has 0 spiro atoms. The first kappa shape index (κ1) is 49.8. The van der Waals surface area contributed by atoms with Crippen molar-refractivity contribution < 1.29 is 73.6 Å². The molecule has 41 heavy (non-hydrogen) atoms. The van der Waals surface area contributed by atoms with E-state index in [1.165, 1.54) is 0 Å². The van der Waals surface area contributed by atoms with Crippen molar-refractivity contribution in [2.75, 3.05) is 79.3 Å². The predicted octanol–water partition coefficient (Wildman–Crippen LogP) is 9.02. The van der Waals surface area contributed by atoms with Crippen molar-refractivity contribution in [3.05, 3.63) is 0 Å². The van der Waals surface area contributed by atoms with Crippen LogP contribution in [0.2, 0.25) is 0 Å². The molecular weight excluding hydrogens is 799 g/mol. The minimum atomic E-state index is -2.28. The molecule has 0 aromatic heterocycles. The molecule has 0 saturated heterocycles. The molecule has 0 N–H and O–H groups in total. The van der Waals surface area contributed by atoms with Crippen molar-refractivity contribution in [3.8, 4) is 0 Å². The van der Waals surface area contributed by atoms with Crippen LogP contribution in [0.1, 0.15) is 83.1 Å². The van der Waals surface area contributed by atoms with Gasteiger partial charge in [-0.2, -0.15) is 0 Å². The molecule has 0 heterocycles. The molecule has 259 valence electrons. The molecule has 0 atom stereocenters. The molecule has 0 unspecified atom stereocenters. The summed E-state index contributed by atoms with van der Waals surface area (Å²) in [6.45, 7) is 30.9. The minimum absolute atomic E-state index is 0.645. The maximum absolute atomic E-state index is 5.39. The van der Waals surface area contributed by atoms with Gasteiger partial charge in [0.2, 0.25) is 0 Å². The Hall–Kier alpha value is 1.93. The molecule has 0 aliphatic rings. The number of hydrogen-bond acceptors (Lipinski definition) is 12. The van der Waals surface area contributed by atoms with Gasteiger partial charge in [-0.1, -0.05) is 0 Å². The average Bonchev–Trinajstić information content (AvgIpc) is 2.92. The topological polar surface area (TPSA) is 111 Å². The third-order valence-corrected chi connectivity index (χ3v) is 12.1. The van der Waals surface area contributed by atoms with Gasteiger partial charge in [-0.05, 0) is 62.3 Å². The zero-order chi connectivity index (χ0) is 32.2. The Balaban J connectivity index is -0.000000223. The van der Waals surface area contributed by atoms with E-state index in [1.54, 1.807) is 0 Å². The summed E-state index contributed by atoms with van der Waals surface area (Å²) < 4.78 is 62.5. The third kappa shape index (κ3) is 39.9. The SMILES string of the molecule is CCOP(OCC)OCC.CCOP(OCC)OCC.CCOP(OCC)OCC.CCO[PH]([Pt])(OCC)OCC. The fourth-order valence-corrected chi connectivity index (χ4v) is 8.65. The summed E-state index contributed by atoms with van der Waals surface area (Å²) in [5.74, 6) is 0. The summed E-state index contributed by atoms with van der Waals surface area (Å²) in [6, 6.07) is -2.28. The van der Waals surface area contributed by atoms with Crippen molar-refractivity contribution in [2.45, 2.75) is 83.1 Å². The van der Waals surface area contributed by atoms with Crippen LogP contribution in [0, 0.1) is 0 Å². The molecule has 0 saturated carbocycles. The summed E-state index contributed by atoms with van der Waals surface area (Å²) in [5.41, 5.74) is 0. The molecule has 0 aliphatic heterocycles. The van der Waals surface area contributed by atoms with Gasteiger partial charge >= 0.3 is 105 Å². The molecule has 0 aliphatic carbocycles. The van der Waals surface area contributed by atoms with E-state index in [0.717, 1.165) is 0 Å². The van der Waals surface area contributed by atoms with Gasteiger partial charge in [0.15, 0.2) is 0 Å². The maximum atomic E-state index is 5.39. The van der Waals surface area contributed by atoms with Crippen LogP contribution in [-0.2, 0) is 73.6 Å². The summed E-state index contributed by atoms with van der Waals surface area (Å²) in [5, 5.41) is 0. The quantitative estimate of drug-likeness (QED) is 0.0865. The second kappa shape index (κ2) is 41.9. The predicted molar refractivity (Wildman–Crippen MR) is 169 cm³/mol. The summed E-state index contributed by atoms with van der Waals surface area (Å²) in [7, 11) is -3.18. The average molecular weight is 861 g/mol. The Morgan fingerprint density at radius 1 is 0.317 bits per heavy atom. The van der Waals surface area contributed by atoms with Crippen LogP contribution < -0.4 is 0 Å². The van der Waals surface area contributed by atoms with E-state index in [-0.39, 0.29) is 0 Å². The van der Waals surface area contributed by atoms with Gasteiger partial charge in [0.1, 0.15) is 0 Å². The van der Waals surface area contributed by atoms with E-state index in [1.807, 2.05) is 83.1 Å². The van der Waals surface area contributed by atoms with Gasteiger partial charge in [0.05, 0.1) is 59.5 Å². The van der Waals surface area contributed by atoms with Crippen molar-refractivity contribution in [1.29, 1.82) is 0 Å². The number of rotatable bonds is 24. The molecular formula is C24H61O12P4Pt. The van der Waals surface area contributed by atoms with Crippen LogP contribution in [0.25, 0.3) is 0 Å². The monoisotopic (exact) mass is 860 g/mol. The fraction of sp³-hybridized carbons (Fsp3) is 1.00. The Kier molecular flexibility index (Phi) is 50.9. The van der Waals surface area contributed by atoms with E-state index < -0.39 is 31.8 Å². The Labute approximate surface area is 267 Å². The summed E-state index contributed by atoms with van der Waals surface area (Å²) in [4.78, 5) is 0. The van der Waals surface area contributed by atoms with Crippen molar-refractivity contribution in [1.82, 2.24) is 0 Å². The molecule has 0 radical (unpaired) electrons. The summed E-state index contributed by atoms with van der Waals surface area (Å²) >= 11 is 2.13. The first-order valence-electron chi connectivity index (χ1n) is 14.4.